The number of hydrogen-bond acceptors (Lipinski definition) is 7. The van der Waals surface area contributed by atoms with Crippen LogP contribution >= 0.6 is 0 Å². The summed E-state index contributed by atoms with van der Waals surface area (Å²) in [7, 11) is 0. The van der Waals surface area contributed by atoms with Gasteiger partial charge < -0.3 is 15.6 Å². The Morgan fingerprint density at radius 1 is 1.22 bits per heavy atom. The molecule has 7 heteroatoms. The van der Waals surface area contributed by atoms with Crippen LogP contribution in [0.2, 0.25) is 0 Å². The quantitative estimate of drug-likeness (QED) is 0.677. The highest BCUT2D eigenvalue weighted by Gasteiger charge is 2.10. The molecule has 2 aromatic heterocycles. The first-order valence-electron chi connectivity index (χ1n) is 5.41. The van der Waals surface area contributed by atoms with Crippen LogP contribution < -0.4 is 11.1 Å². The van der Waals surface area contributed by atoms with E-state index in [2.05, 4.69) is 25.4 Å². The molecular weight excluding hydrogens is 234 g/mol. The number of hydrogen-bond donors (Lipinski definition) is 2. The van der Waals surface area contributed by atoms with E-state index in [-0.39, 0.29) is 0 Å². The van der Waals surface area contributed by atoms with E-state index in [4.69, 9.17) is 10.3 Å². The van der Waals surface area contributed by atoms with Crippen LogP contribution in [0.15, 0.2) is 27.4 Å². The lowest BCUT2D eigenvalue weighted by Crippen LogP contribution is -2.00. The van der Waals surface area contributed by atoms with Crippen molar-refractivity contribution in [2.24, 2.45) is 0 Å². The van der Waals surface area contributed by atoms with Crippen molar-refractivity contribution < 1.29 is 9.15 Å². The van der Waals surface area contributed by atoms with Crippen LogP contribution in [0.1, 0.15) is 11.5 Å². The van der Waals surface area contributed by atoms with Gasteiger partial charge in [-0.2, -0.15) is 0 Å². The van der Waals surface area contributed by atoms with Crippen LogP contribution in [0.4, 0.5) is 11.4 Å². The first kappa shape index (κ1) is 10.6. The third-order valence-electron chi connectivity index (χ3n) is 2.58. The summed E-state index contributed by atoms with van der Waals surface area (Å²) in [5, 5.41) is 14.7. The normalized spacial score (nSPS) is 10.9. The Labute approximate surface area is 102 Å². The van der Waals surface area contributed by atoms with Crippen LogP contribution in [0.5, 0.6) is 0 Å². The van der Waals surface area contributed by atoms with Gasteiger partial charge in [-0.05, 0) is 29.4 Å². The van der Waals surface area contributed by atoms with Crippen molar-refractivity contribution in [3.05, 3.63) is 29.7 Å². The molecule has 1 aromatic carbocycles. The molecule has 0 amide bonds. The fourth-order valence-electron chi connectivity index (χ4n) is 1.72. The highest BCUT2D eigenvalue weighted by Crippen LogP contribution is 2.25. The van der Waals surface area contributed by atoms with E-state index in [9.17, 15) is 0 Å². The smallest absolute Gasteiger partial charge is 0.160 e. The number of benzene rings is 1. The summed E-state index contributed by atoms with van der Waals surface area (Å²) in [6, 6.07) is 5.44. The molecule has 92 valence electrons. The van der Waals surface area contributed by atoms with Gasteiger partial charge in [-0.25, -0.2) is 4.63 Å². The number of nitrogen functional groups attached to an aromatic ring is 1. The predicted octanol–water partition coefficient (Wildman–Crippen LogP) is 1.71. The molecule has 3 aromatic rings. The third-order valence-corrected chi connectivity index (χ3v) is 2.58. The lowest BCUT2D eigenvalue weighted by Gasteiger charge is -2.04. The van der Waals surface area contributed by atoms with Gasteiger partial charge in [-0.1, -0.05) is 5.16 Å². The molecule has 0 spiro atoms. The number of nitrogens with one attached hydrogen (secondary N) is 1. The predicted molar refractivity (Wildman–Crippen MR) is 64.8 cm³/mol. The lowest BCUT2D eigenvalue weighted by molar-refractivity contribution is 0.315. The first-order valence-corrected chi connectivity index (χ1v) is 5.41. The van der Waals surface area contributed by atoms with Crippen molar-refractivity contribution in [2.45, 2.75) is 13.5 Å². The van der Waals surface area contributed by atoms with Crippen molar-refractivity contribution in [2.75, 3.05) is 11.1 Å². The Bertz CT molecular complexity index is 688. The number of anilines is 2. The molecule has 3 N–H and O–H groups in total. The second-order valence-corrected chi connectivity index (χ2v) is 3.95. The Balaban J connectivity index is 1.86. The zero-order valence-corrected chi connectivity index (χ0v) is 9.67. The SMILES string of the molecule is Cc1cc(CNc2ccc(N)c3nonc23)no1. The van der Waals surface area contributed by atoms with E-state index in [0.717, 1.165) is 17.1 Å². The number of nitrogens with zero attached hydrogens (tertiary/aromatic N) is 3. The molecule has 0 saturated heterocycles. The van der Waals surface area contributed by atoms with Gasteiger partial charge in [-0.15, -0.1) is 0 Å². The fraction of sp³-hybridized carbons (Fsp3) is 0.182. The van der Waals surface area contributed by atoms with Crippen molar-refractivity contribution in [1.29, 1.82) is 0 Å². The molecule has 0 unspecified atom stereocenters. The molecule has 0 atom stereocenters. The van der Waals surface area contributed by atoms with Crippen LogP contribution in [0.3, 0.4) is 0 Å². The van der Waals surface area contributed by atoms with Gasteiger partial charge in [0, 0.05) is 6.07 Å². The summed E-state index contributed by atoms with van der Waals surface area (Å²) in [4.78, 5) is 0. The van der Waals surface area contributed by atoms with E-state index in [1.54, 1.807) is 6.07 Å². The van der Waals surface area contributed by atoms with Gasteiger partial charge in [0.05, 0.1) is 17.9 Å². The molecule has 0 fully saturated rings. The Hall–Kier alpha value is -2.57. The van der Waals surface area contributed by atoms with Crippen LogP contribution in [-0.2, 0) is 6.54 Å². The average molecular weight is 245 g/mol. The number of rotatable bonds is 3. The summed E-state index contributed by atoms with van der Waals surface area (Å²) in [6.07, 6.45) is 0. The maximum atomic E-state index is 5.76. The van der Waals surface area contributed by atoms with Crippen molar-refractivity contribution >= 4 is 22.4 Å². The summed E-state index contributed by atoms with van der Waals surface area (Å²) in [5.74, 6) is 0.775. The standard InChI is InChI=1S/C11H11N5O2/c1-6-4-7(14-17-6)5-13-9-3-2-8(12)10-11(9)16-18-15-10/h2-4,13H,5,12H2,1H3. The van der Waals surface area contributed by atoms with E-state index in [0.29, 0.717) is 23.3 Å². The molecule has 0 aliphatic heterocycles. The highest BCUT2D eigenvalue weighted by molar-refractivity contribution is 5.94. The second kappa shape index (κ2) is 4.02. The zero-order valence-electron chi connectivity index (χ0n) is 9.67. The van der Waals surface area contributed by atoms with Crippen LogP contribution in [0, 0.1) is 6.92 Å². The van der Waals surface area contributed by atoms with E-state index in [1.807, 2.05) is 19.1 Å². The summed E-state index contributed by atoms with van der Waals surface area (Å²) in [6.45, 7) is 2.38. The Morgan fingerprint density at radius 3 is 2.83 bits per heavy atom. The number of fused-ring (bicyclic) bond motifs is 1. The fourth-order valence-corrected chi connectivity index (χ4v) is 1.72. The minimum absolute atomic E-state index is 0.531. The lowest BCUT2D eigenvalue weighted by atomic mass is 10.2. The summed E-state index contributed by atoms with van der Waals surface area (Å²) in [5.41, 5.74) is 9.06. The molecule has 7 nitrogen and oxygen atoms in total. The number of aromatic nitrogens is 3. The van der Waals surface area contributed by atoms with Gasteiger partial charge in [0.25, 0.3) is 0 Å². The van der Waals surface area contributed by atoms with E-state index < -0.39 is 0 Å². The molecular formula is C11H11N5O2. The number of aryl methyl sites for hydroxylation is 1. The topological polar surface area (TPSA) is 103 Å². The molecule has 3 rings (SSSR count). The minimum atomic E-state index is 0.531. The van der Waals surface area contributed by atoms with Gasteiger partial charge in [-0.3, -0.25) is 0 Å². The minimum Gasteiger partial charge on any atom is -0.397 e. The summed E-state index contributed by atoms with van der Waals surface area (Å²) >= 11 is 0. The average Bonchev–Trinajstić information content (AvgIpc) is 2.98. The monoisotopic (exact) mass is 245 g/mol. The maximum Gasteiger partial charge on any atom is 0.160 e. The largest absolute Gasteiger partial charge is 0.397 e. The molecule has 2 heterocycles. The van der Waals surface area contributed by atoms with Gasteiger partial charge >= 0.3 is 0 Å². The van der Waals surface area contributed by atoms with Crippen molar-refractivity contribution in [3.8, 4) is 0 Å². The first-order chi connectivity index (χ1) is 8.74. The zero-order chi connectivity index (χ0) is 12.5. The number of nitrogens with two attached hydrogens (primary N) is 1. The van der Waals surface area contributed by atoms with E-state index in [1.165, 1.54) is 0 Å². The molecule has 0 bridgehead atoms. The molecule has 0 radical (unpaired) electrons. The second-order valence-electron chi connectivity index (χ2n) is 3.95. The third kappa shape index (κ3) is 1.75. The van der Waals surface area contributed by atoms with Gasteiger partial charge in [0.1, 0.15) is 11.5 Å². The van der Waals surface area contributed by atoms with Crippen LogP contribution in [-0.4, -0.2) is 15.5 Å². The molecule has 18 heavy (non-hydrogen) atoms. The molecule has 0 aliphatic carbocycles. The van der Waals surface area contributed by atoms with Crippen molar-refractivity contribution in [1.82, 2.24) is 15.5 Å². The van der Waals surface area contributed by atoms with Crippen LogP contribution in [0.25, 0.3) is 11.0 Å². The van der Waals surface area contributed by atoms with E-state index >= 15 is 0 Å². The Morgan fingerprint density at radius 2 is 2.06 bits per heavy atom. The van der Waals surface area contributed by atoms with Gasteiger partial charge in [0.15, 0.2) is 11.0 Å². The summed E-state index contributed by atoms with van der Waals surface area (Å²) < 4.78 is 9.68. The highest BCUT2D eigenvalue weighted by atomic mass is 16.6. The molecule has 0 saturated carbocycles. The molecule has 0 aliphatic rings. The Kier molecular flexibility index (Phi) is 2.36. The van der Waals surface area contributed by atoms with Gasteiger partial charge in [0.2, 0.25) is 0 Å². The maximum absolute atomic E-state index is 5.76. The van der Waals surface area contributed by atoms with Crippen molar-refractivity contribution in [3.63, 3.8) is 0 Å².